The second-order valence-electron chi connectivity index (χ2n) is 7.25. The molecule has 0 spiro atoms. The second kappa shape index (κ2) is 7.89. The highest BCUT2D eigenvalue weighted by molar-refractivity contribution is 9.10. The first-order valence-electron chi connectivity index (χ1n) is 9.48. The number of aromatic nitrogens is 2. The molecular weight excluding hydrogens is 416 g/mol. The Labute approximate surface area is 173 Å². The Kier molecular flexibility index (Phi) is 5.33. The summed E-state index contributed by atoms with van der Waals surface area (Å²) in [4.78, 5) is 17.0. The van der Waals surface area contributed by atoms with Crippen LogP contribution in [0.5, 0.6) is 0 Å². The van der Waals surface area contributed by atoms with Crippen LogP contribution in [0.1, 0.15) is 35.7 Å². The van der Waals surface area contributed by atoms with Crippen molar-refractivity contribution in [3.8, 4) is 5.69 Å². The number of carbonyl (C=O) groups excluding carboxylic acids is 1. The van der Waals surface area contributed by atoms with Gasteiger partial charge in [-0.2, -0.15) is 0 Å². The van der Waals surface area contributed by atoms with Gasteiger partial charge >= 0.3 is 0 Å². The van der Waals surface area contributed by atoms with Gasteiger partial charge in [0.25, 0.3) is 0 Å². The minimum atomic E-state index is -0.580. The van der Waals surface area contributed by atoms with Crippen LogP contribution in [0, 0.1) is 6.92 Å². The van der Waals surface area contributed by atoms with E-state index in [0.29, 0.717) is 0 Å². The van der Waals surface area contributed by atoms with E-state index in [1.54, 1.807) is 6.20 Å². The van der Waals surface area contributed by atoms with Gasteiger partial charge in [-0.05, 0) is 73.7 Å². The number of hydrogen-bond donors (Lipinski definition) is 2. The summed E-state index contributed by atoms with van der Waals surface area (Å²) in [5.41, 5.74) is 10.6. The normalized spacial score (nSPS) is 17.0. The molecule has 1 aromatic heterocycles. The molecule has 1 aliphatic carbocycles. The third-order valence-corrected chi connectivity index (χ3v) is 5.94. The molecule has 5 nitrogen and oxygen atoms in total. The average Bonchev–Trinajstić information content (AvgIpc) is 3.13. The first-order valence-corrected chi connectivity index (χ1v) is 10.3. The van der Waals surface area contributed by atoms with Crippen molar-refractivity contribution < 1.29 is 4.79 Å². The largest absolute Gasteiger partial charge is 0.325 e. The zero-order chi connectivity index (χ0) is 19.7. The fraction of sp³-hybridized carbons (Fsp3) is 0.273. The van der Waals surface area contributed by atoms with Gasteiger partial charge in [-0.1, -0.05) is 22.0 Å². The third kappa shape index (κ3) is 3.75. The number of benzene rings is 2. The summed E-state index contributed by atoms with van der Waals surface area (Å²) in [6.45, 7) is 1.95. The second-order valence-corrected chi connectivity index (χ2v) is 8.16. The molecule has 2 aromatic carbocycles. The van der Waals surface area contributed by atoms with E-state index in [9.17, 15) is 4.79 Å². The standard InChI is InChI=1S/C22H23BrN4O/c1-14-25-11-12-27(14)18-9-7-17(8-10-18)26-22(28)21(24)19-4-2-3-15-5-6-16(23)13-20(15)19/h5-13,19,21H,2-4,24H2,1H3,(H,26,28)/t19?,21-/m0/s1. The molecule has 3 N–H and O–H groups in total. The molecule has 28 heavy (non-hydrogen) atoms. The van der Waals surface area contributed by atoms with Crippen LogP contribution in [0.25, 0.3) is 5.69 Å². The fourth-order valence-electron chi connectivity index (χ4n) is 3.94. The minimum absolute atomic E-state index is 0.0362. The number of carbonyl (C=O) groups is 1. The zero-order valence-corrected chi connectivity index (χ0v) is 17.3. The molecule has 3 aromatic rings. The zero-order valence-electron chi connectivity index (χ0n) is 15.7. The molecule has 2 atom stereocenters. The van der Waals surface area contributed by atoms with Crippen molar-refractivity contribution in [2.45, 2.75) is 38.1 Å². The van der Waals surface area contributed by atoms with Crippen LogP contribution in [-0.2, 0) is 11.2 Å². The number of fused-ring (bicyclic) bond motifs is 1. The number of nitrogens with two attached hydrogens (primary N) is 1. The van der Waals surface area contributed by atoms with E-state index in [4.69, 9.17) is 5.73 Å². The van der Waals surface area contributed by atoms with Crippen molar-refractivity contribution in [1.82, 2.24) is 9.55 Å². The van der Waals surface area contributed by atoms with E-state index in [-0.39, 0.29) is 11.8 Å². The maximum absolute atomic E-state index is 12.8. The Bertz CT molecular complexity index is 996. The molecular formula is C22H23BrN4O. The SMILES string of the molecule is Cc1nccn1-c1ccc(NC(=O)[C@@H](N)C2CCCc3ccc(Br)cc32)cc1. The lowest BCUT2D eigenvalue weighted by atomic mass is 9.79. The van der Waals surface area contributed by atoms with E-state index in [1.165, 1.54) is 11.1 Å². The van der Waals surface area contributed by atoms with Crippen LogP contribution in [-0.4, -0.2) is 21.5 Å². The van der Waals surface area contributed by atoms with Gasteiger partial charge in [0.2, 0.25) is 5.91 Å². The summed E-state index contributed by atoms with van der Waals surface area (Å²) >= 11 is 3.54. The lowest BCUT2D eigenvalue weighted by Gasteiger charge is -2.29. The monoisotopic (exact) mass is 438 g/mol. The van der Waals surface area contributed by atoms with Gasteiger partial charge in [-0.3, -0.25) is 4.79 Å². The van der Waals surface area contributed by atoms with Crippen molar-refractivity contribution >= 4 is 27.5 Å². The van der Waals surface area contributed by atoms with Gasteiger partial charge in [0.15, 0.2) is 0 Å². The van der Waals surface area contributed by atoms with Crippen LogP contribution in [0.2, 0.25) is 0 Å². The quantitative estimate of drug-likeness (QED) is 0.636. The molecule has 0 saturated carbocycles. The number of anilines is 1. The Hall–Kier alpha value is -2.44. The Morgan fingerprint density at radius 2 is 2.07 bits per heavy atom. The van der Waals surface area contributed by atoms with Crippen LogP contribution in [0.3, 0.4) is 0 Å². The van der Waals surface area contributed by atoms with E-state index >= 15 is 0 Å². The predicted molar refractivity (Wildman–Crippen MR) is 115 cm³/mol. The number of rotatable bonds is 4. The van der Waals surface area contributed by atoms with Gasteiger partial charge in [-0.25, -0.2) is 4.98 Å². The topological polar surface area (TPSA) is 72.9 Å². The van der Waals surface area contributed by atoms with Gasteiger partial charge in [0.05, 0.1) is 6.04 Å². The number of hydrogen-bond acceptors (Lipinski definition) is 3. The molecule has 144 valence electrons. The summed E-state index contributed by atoms with van der Waals surface area (Å²) in [5.74, 6) is 0.805. The average molecular weight is 439 g/mol. The van der Waals surface area contributed by atoms with Gasteiger partial charge in [0, 0.05) is 34.2 Å². The number of amides is 1. The molecule has 4 rings (SSSR count). The Morgan fingerprint density at radius 1 is 1.29 bits per heavy atom. The van der Waals surface area contributed by atoms with E-state index in [1.807, 2.05) is 42.0 Å². The van der Waals surface area contributed by atoms with Crippen LogP contribution in [0.4, 0.5) is 5.69 Å². The van der Waals surface area contributed by atoms with Crippen molar-refractivity contribution in [1.29, 1.82) is 0 Å². The van der Waals surface area contributed by atoms with Crippen molar-refractivity contribution in [2.75, 3.05) is 5.32 Å². The molecule has 1 aliphatic rings. The number of nitrogens with one attached hydrogen (secondary N) is 1. The number of halogens is 1. The Balaban J connectivity index is 1.48. The number of aryl methyl sites for hydroxylation is 2. The van der Waals surface area contributed by atoms with E-state index in [2.05, 4.69) is 44.4 Å². The van der Waals surface area contributed by atoms with Crippen LogP contribution >= 0.6 is 15.9 Å². The van der Waals surface area contributed by atoms with Gasteiger partial charge < -0.3 is 15.6 Å². The lowest BCUT2D eigenvalue weighted by Crippen LogP contribution is -2.41. The maximum atomic E-state index is 12.8. The molecule has 1 unspecified atom stereocenters. The predicted octanol–water partition coefficient (Wildman–Crippen LogP) is 4.33. The minimum Gasteiger partial charge on any atom is -0.325 e. The first-order chi connectivity index (χ1) is 13.5. The van der Waals surface area contributed by atoms with E-state index in [0.717, 1.165) is 40.9 Å². The fourth-order valence-corrected chi connectivity index (χ4v) is 4.32. The highest BCUT2D eigenvalue weighted by Crippen LogP contribution is 2.35. The summed E-state index contributed by atoms with van der Waals surface area (Å²) < 4.78 is 3.02. The molecule has 0 radical (unpaired) electrons. The highest BCUT2D eigenvalue weighted by Gasteiger charge is 2.30. The lowest BCUT2D eigenvalue weighted by molar-refractivity contribution is -0.117. The van der Waals surface area contributed by atoms with Gasteiger partial charge in [-0.15, -0.1) is 0 Å². The van der Waals surface area contributed by atoms with Gasteiger partial charge in [0.1, 0.15) is 5.82 Å². The van der Waals surface area contributed by atoms with Crippen molar-refractivity contribution in [3.63, 3.8) is 0 Å². The first kappa shape index (κ1) is 18.9. The third-order valence-electron chi connectivity index (χ3n) is 5.44. The summed E-state index contributed by atoms with van der Waals surface area (Å²) in [6, 6.07) is 13.4. The summed E-state index contributed by atoms with van der Waals surface area (Å²) in [6.07, 6.45) is 6.71. The highest BCUT2D eigenvalue weighted by atomic mass is 79.9. The van der Waals surface area contributed by atoms with E-state index < -0.39 is 6.04 Å². The molecule has 1 amide bonds. The number of nitrogens with zero attached hydrogens (tertiary/aromatic N) is 2. The molecule has 0 saturated heterocycles. The van der Waals surface area contributed by atoms with Crippen molar-refractivity contribution in [2.24, 2.45) is 5.73 Å². The Morgan fingerprint density at radius 3 is 2.79 bits per heavy atom. The van der Waals surface area contributed by atoms with Crippen LogP contribution < -0.4 is 11.1 Å². The maximum Gasteiger partial charge on any atom is 0.241 e. The molecule has 1 heterocycles. The summed E-state index contributed by atoms with van der Waals surface area (Å²) in [5, 5.41) is 2.97. The smallest absolute Gasteiger partial charge is 0.241 e. The van der Waals surface area contributed by atoms with Crippen molar-refractivity contribution in [3.05, 3.63) is 76.3 Å². The molecule has 6 heteroatoms. The molecule has 0 bridgehead atoms. The number of imidazole rings is 1. The molecule has 0 aliphatic heterocycles. The summed E-state index contributed by atoms with van der Waals surface area (Å²) in [7, 11) is 0. The van der Waals surface area contributed by atoms with Crippen LogP contribution in [0.15, 0.2) is 59.3 Å². The molecule has 0 fully saturated rings.